The van der Waals surface area contributed by atoms with E-state index in [1.54, 1.807) is 13.1 Å². The summed E-state index contributed by atoms with van der Waals surface area (Å²) in [5.74, 6) is -0.134. The first kappa shape index (κ1) is 17.3. The third-order valence-electron chi connectivity index (χ3n) is 3.99. The van der Waals surface area contributed by atoms with Crippen LogP contribution in [-0.2, 0) is 11.2 Å². The fourth-order valence-electron chi connectivity index (χ4n) is 2.59. The van der Waals surface area contributed by atoms with Crippen molar-refractivity contribution in [2.24, 2.45) is 0 Å². The van der Waals surface area contributed by atoms with Crippen molar-refractivity contribution in [3.05, 3.63) is 62.7 Å². The number of hydrogen-bond acceptors (Lipinski definition) is 5. The number of aromatic nitrogens is 2. The number of fused-ring (bicyclic) bond motifs is 1. The lowest BCUT2D eigenvalue weighted by Gasteiger charge is -2.20. The van der Waals surface area contributed by atoms with Gasteiger partial charge in [-0.25, -0.2) is 4.98 Å². The van der Waals surface area contributed by atoms with Crippen molar-refractivity contribution in [2.75, 3.05) is 13.6 Å². The van der Waals surface area contributed by atoms with Crippen LogP contribution in [0, 0.1) is 0 Å². The normalized spacial score (nSPS) is 12.2. The van der Waals surface area contributed by atoms with Gasteiger partial charge in [0.05, 0.1) is 17.6 Å². The van der Waals surface area contributed by atoms with Crippen LogP contribution < -0.4 is 5.56 Å². The highest BCUT2D eigenvalue weighted by Crippen LogP contribution is 2.19. The fourth-order valence-corrected chi connectivity index (χ4v) is 3.29. The molecule has 2 aromatic heterocycles. The zero-order valence-corrected chi connectivity index (χ0v) is 14.6. The van der Waals surface area contributed by atoms with Crippen molar-refractivity contribution in [3.63, 3.8) is 0 Å². The summed E-state index contributed by atoms with van der Waals surface area (Å²) in [7, 11) is 1.65. The second kappa shape index (κ2) is 7.58. The molecule has 0 spiro atoms. The standard InChI is InChI=1S/C18H19N3O3S/c1-21(11-15(22)16-7-4-10-25-16)17(23)9-8-14-18(24)20-13-6-3-2-5-12(13)19-14/h2-7,10,15,22H,8-9,11H2,1H3,(H,20,24). The minimum Gasteiger partial charge on any atom is -0.386 e. The summed E-state index contributed by atoms with van der Waals surface area (Å²) < 4.78 is 0. The van der Waals surface area contributed by atoms with Crippen molar-refractivity contribution in [3.8, 4) is 0 Å². The zero-order chi connectivity index (χ0) is 17.8. The van der Waals surface area contributed by atoms with Crippen LogP contribution in [0.1, 0.15) is 23.1 Å². The minimum absolute atomic E-state index is 0.134. The summed E-state index contributed by atoms with van der Waals surface area (Å²) in [6.45, 7) is 0.223. The molecule has 0 fully saturated rings. The Kier molecular flexibility index (Phi) is 5.25. The molecular weight excluding hydrogens is 338 g/mol. The molecule has 130 valence electrons. The number of aliphatic hydroxyl groups is 1. The van der Waals surface area contributed by atoms with Crippen LogP contribution in [0.5, 0.6) is 0 Å². The molecule has 0 saturated heterocycles. The Labute approximate surface area is 148 Å². The number of aromatic amines is 1. The molecule has 3 aromatic rings. The monoisotopic (exact) mass is 357 g/mol. The number of thiophene rings is 1. The molecule has 0 saturated carbocycles. The first-order chi connectivity index (χ1) is 12.0. The average Bonchev–Trinajstić information content (AvgIpc) is 3.14. The maximum Gasteiger partial charge on any atom is 0.270 e. The first-order valence-electron chi connectivity index (χ1n) is 7.98. The highest BCUT2D eigenvalue weighted by molar-refractivity contribution is 7.10. The summed E-state index contributed by atoms with van der Waals surface area (Å²) >= 11 is 1.45. The van der Waals surface area contributed by atoms with Crippen molar-refractivity contribution < 1.29 is 9.90 Å². The number of benzene rings is 1. The van der Waals surface area contributed by atoms with E-state index >= 15 is 0 Å². The molecular formula is C18H19N3O3S. The summed E-state index contributed by atoms with van der Waals surface area (Å²) in [4.78, 5) is 33.8. The molecule has 25 heavy (non-hydrogen) atoms. The van der Waals surface area contributed by atoms with Crippen molar-refractivity contribution >= 4 is 28.3 Å². The van der Waals surface area contributed by atoms with Gasteiger partial charge >= 0.3 is 0 Å². The van der Waals surface area contributed by atoms with Crippen LogP contribution in [0.2, 0.25) is 0 Å². The Morgan fingerprint density at radius 2 is 2.12 bits per heavy atom. The van der Waals surface area contributed by atoms with Gasteiger partial charge in [0.1, 0.15) is 11.8 Å². The van der Waals surface area contributed by atoms with E-state index in [-0.39, 0.29) is 30.9 Å². The van der Waals surface area contributed by atoms with Gasteiger partial charge in [-0.15, -0.1) is 11.3 Å². The van der Waals surface area contributed by atoms with Crippen LogP contribution in [0.3, 0.4) is 0 Å². The number of aryl methyl sites for hydroxylation is 1. The van der Waals surface area contributed by atoms with E-state index in [1.165, 1.54) is 16.2 Å². The lowest BCUT2D eigenvalue weighted by atomic mass is 10.2. The number of carbonyl (C=O) groups excluding carboxylic acids is 1. The average molecular weight is 357 g/mol. The molecule has 1 aromatic carbocycles. The van der Waals surface area contributed by atoms with Crippen LogP contribution in [0.25, 0.3) is 11.0 Å². The molecule has 2 heterocycles. The Hall–Kier alpha value is -2.51. The predicted molar refractivity (Wildman–Crippen MR) is 97.6 cm³/mol. The van der Waals surface area contributed by atoms with E-state index in [1.807, 2.05) is 35.7 Å². The molecule has 2 N–H and O–H groups in total. The highest BCUT2D eigenvalue weighted by Gasteiger charge is 2.16. The van der Waals surface area contributed by atoms with Crippen molar-refractivity contribution in [1.82, 2.24) is 14.9 Å². The summed E-state index contributed by atoms with van der Waals surface area (Å²) in [6.07, 6.45) is -0.267. The molecule has 1 amide bonds. The number of carbonyl (C=O) groups is 1. The molecule has 1 atom stereocenters. The highest BCUT2D eigenvalue weighted by atomic mass is 32.1. The number of para-hydroxylation sites is 2. The summed E-state index contributed by atoms with van der Waals surface area (Å²) in [6, 6.07) is 11.0. The maximum absolute atomic E-state index is 12.3. The lowest BCUT2D eigenvalue weighted by molar-refractivity contribution is -0.131. The second-order valence-electron chi connectivity index (χ2n) is 5.84. The Morgan fingerprint density at radius 1 is 1.32 bits per heavy atom. The molecule has 0 aliphatic rings. The molecule has 6 nitrogen and oxygen atoms in total. The van der Waals surface area contributed by atoms with Gasteiger partial charge < -0.3 is 15.0 Å². The van der Waals surface area contributed by atoms with E-state index < -0.39 is 6.10 Å². The van der Waals surface area contributed by atoms with Gasteiger partial charge in [-0.1, -0.05) is 18.2 Å². The molecule has 0 aliphatic carbocycles. The van der Waals surface area contributed by atoms with Gasteiger partial charge in [0.25, 0.3) is 5.56 Å². The third-order valence-corrected chi connectivity index (χ3v) is 4.96. The van der Waals surface area contributed by atoms with Gasteiger partial charge in [-0.2, -0.15) is 0 Å². The van der Waals surface area contributed by atoms with E-state index in [0.29, 0.717) is 16.7 Å². The van der Waals surface area contributed by atoms with E-state index in [9.17, 15) is 14.7 Å². The molecule has 0 bridgehead atoms. The quantitative estimate of drug-likeness (QED) is 0.707. The fraction of sp³-hybridized carbons (Fsp3) is 0.278. The number of H-pyrrole nitrogens is 1. The van der Waals surface area contributed by atoms with Gasteiger partial charge in [0, 0.05) is 24.8 Å². The van der Waals surface area contributed by atoms with E-state index in [4.69, 9.17) is 0 Å². The van der Waals surface area contributed by atoms with Crippen molar-refractivity contribution in [1.29, 1.82) is 0 Å². The SMILES string of the molecule is CN(CC(O)c1cccs1)C(=O)CCc1nc2ccccc2[nH]c1=O. The summed E-state index contributed by atoms with van der Waals surface area (Å²) in [5.41, 5.74) is 1.46. The van der Waals surface area contributed by atoms with Gasteiger partial charge in [0.2, 0.25) is 5.91 Å². The number of likely N-dealkylation sites (N-methyl/N-ethyl adjacent to an activating group) is 1. The molecule has 1 unspecified atom stereocenters. The van der Waals surface area contributed by atoms with Crippen LogP contribution in [-0.4, -0.2) is 39.5 Å². The van der Waals surface area contributed by atoms with Crippen LogP contribution in [0.4, 0.5) is 0 Å². The van der Waals surface area contributed by atoms with Gasteiger partial charge in [-0.05, 0) is 23.6 Å². The Bertz CT molecular complexity index is 921. The number of amides is 1. The number of hydrogen-bond donors (Lipinski definition) is 2. The second-order valence-corrected chi connectivity index (χ2v) is 6.81. The predicted octanol–water partition coefficient (Wildman–Crippen LogP) is 2.11. The van der Waals surface area contributed by atoms with Crippen LogP contribution in [0.15, 0.2) is 46.6 Å². The van der Waals surface area contributed by atoms with Gasteiger partial charge in [0.15, 0.2) is 0 Å². The molecule has 3 rings (SSSR count). The minimum atomic E-state index is -0.698. The van der Waals surface area contributed by atoms with Crippen LogP contribution >= 0.6 is 11.3 Å². The maximum atomic E-state index is 12.3. The first-order valence-corrected chi connectivity index (χ1v) is 8.86. The number of aliphatic hydroxyl groups excluding tert-OH is 1. The Morgan fingerprint density at radius 3 is 2.88 bits per heavy atom. The zero-order valence-electron chi connectivity index (χ0n) is 13.8. The number of nitrogens with zero attached hydrogens (tertiary/aromatic N) is 2. The van der Waals surface area contributed by atoms with Crippen molar-refractivity contribution in [2.45, 2.75) is 18.9 Å². The summed E-state index contributed by atoms with van der Waals surface area (Å²) in [5, 5.41) is 12.0. The third kappa shape index (κ3) is 4.12. The molecule has 7 heteroatoms. The topological polar surface area (TPSA) is 86.3 Å². The van der Waals surface area contributed by atoms with E-state index in [0.717, 1.165) is 4.88 Å². The molecule has 0 radical (unpaired) electrons. The largest absolute Gasteiger partial charge is 0.386 e. The number of rotatable bonds is 6. The Balaban J connectivity index is 1.62. The van der Waals surface area contributed by atoms with Gasteiger partial charge in [-0.3, -0.25) is 9.59 Å². The number of nitrogens with one attached hydrogen (secondary N) is 1. The smallest absolute Gasteiger partial charge is 0.270 e. The molecule has 0 aliphatic heterocycles. The lowest BCUT2D eigenvalue weighted by Crippen LogP contribution is -2.31. The van der Waals surface area contributed by atoms with E-state index in [2.05, 4.69) is 9.97 Å².